The predicted molar refractivity (Wildman–Crippen MR) is 47.1 cm³/mol. The van der Waals surface area contributed by atoms with E-state index in [-0.39, 0.29) is 12.2 Å². The van der Waals surface area contributed by atoms with Crippen molar-refractivity contribution in [2.45, 2.75) is 39.0 Å². The first kappa shape index (κ1) is 11.0. The van der Waals surface area contributed by atoms with Crippen LogP contribution in [0.25, 0.3) is 0 Å². The highest BCUT2D eigenvalue weighted by atomic mass is 16.4. The second-order valence-electron chi connectivity index (χ2n) is 2.75. The number of rotatable bonds is 6. The molecular weight excluding hydrogens is 156 g/mol. The number of unbranched alkanes of at least 4 members (excludes halogenated alkanes) is 2. The summed E-state index contributed by atoms with van der Waals surface area (Å²) in [6.45, 7) is 2.08. The van der Waals surface area contributed by atoms with E-state index in [0.717, 1.165) is 19.3 Å². The average molecular weight is 172 g/mol. The van der Waals surface area contributed by atoms with Gasteiger partial charge in [0.15, 0.2) is 0 Å². The third-order valence-corrected chi connectivity index (χ3v) is 1.55. The Kier molecular flexibility index (Phi) is 6.15. The topological polar surface area (TPSA) is 57.5 Å². The summed E-state index contributed by atoms with van der Waals surface area (Å²) in [5.74, 6) is -0.706. The number of allylic oxidation sites excluding steroid dienone is 1. The number of carboxylic acid groups (broad SMARTS) is 1. The number of carboxylic acids is 1. The number of aliphatic hydroxyl groups is 1. The van der Waals surface area contributed by atoms with Gasteiger partial charge in [-0.2, -0.15) is 0 Å². The van der Waals surface area contributed by atoms with Crippen LogP contribution in [0.2, 0.25) is 0 Å². The summed E-state index contributed by atoms with van der Waals surface area (Å²) in [6, 6.07) is 0. The molecule has 0 bridgehead atoms. The van der Waals surface area contributed by atoms with E-state index in [9.17, 15) is 4.79 Å². The monoisotopic (exact) mass is 172 g/mol. The lowest BCUT2D eigenvalue weighted by Crippen LogP contribution is -1.92. The van der Waals surface area contributed by atoms with Gasteiger partial charge in [-0.05, 0) is 12.5 Å². The smallest absolute Gasteiger partial charge is 0.307 e. The molecule has 0 aromatic carbocycles. The summed E-state index contributed by atoms with van der Waals surface area (Å²) in [4.78, 5) is 10.1. The Morgan fingerprint density at radius 1 is 1.33 bits per heavy atom. The molecule has 0 aromatic rings. The van der Waals surface area contributed by atoms with E-state index in [2.05, 4.69) is 6.92 Å². The highest BCUT2D eigenvalue weighted by Gasteiger charge is 1.96. The molecule has 0 saturated heterocycles. The first-order valence-electron chi connectivity index (χ1n) is 4.26. The fraction of sp³-hybridized carbons (Fsp3) is 0.667. The van der Waals surface area contributed by atoms with Crippen LogP contribution in [0.3, 0.4) is 0 Å². The van der Waals surface area contributed by atoms with E-state index in [0.29, 0.717) is 6.42 Å². The largest absolute Gasteiger partial charge is 0.513 e. The SMILES string of the molecule is CCCCC/C(O)=C/CC(=O)O. The summed E-state index contributed by atoms with van der Waals surface area (Å²) in [7, 11) is 0. The van der Waals surface area contributed by atoms with Crippen LogP contribution in [0.4, 0.5) is 0 Å². The molecule has 0 spiro atoms. The van der Waals surface area contributed by atoms with Gasteiger partial charge in [-0.1, -0.05) is 19.8 Å². The van der Waals surface area contributed by atoms with E-state index in [1.165, 1.54) is 6.08 Å². The first-order chi connectivity index (χ1) is 5.66. The van der Waals surface area contributed by atoms with Crippen LogP contribution >= 0.6 is 0 Å². The minimum Gasteiger partial charge on any atom is -0.513 e. The molecular formula is C9H16O3. The van der Waals surface area contributed by atoms with Gasteiger partial charge in [0.25, 0.3) is 0 Å². The van der Waals surface area contributed by atoms with Crippen LogP contribution in [0.1, 0.15) is 39.0 Å². The molecule has 0 rings (SSSR count). The number of aliphatic carboxylic acids is 1. The van der Waals surface area contributed by atoms with Gasteiger partial charge in [0, 0.05) is 6.42 Å². The molecule has 0 aliphatic rings. The molecule has 2 N–H and O–H groups in total. The molecule has 0 atom stereocenters. The van der Waals surface area contributed by atoms with Crippen molar-refractivity contribution in [1.29, 1.82) is 0 Å². The summed E-state index contributed by atoms with van der Waals surface area (Å²) in [5.41, 5.74) is 0. The minimum atomic E-state index is -0.906. The Morgan fingerprint density at radius 2 is 2.00 bits per heavy atom. The third kappa shape index (κ3) is 7.12. The Bertz CT molecular complexity index is 161. The quantitative estimate of drug-likeness (QED) is 0.478. The van der Waals surface area contributed by atoms with E-state index < -0.39 is 5.97 Å². The molecule has 3 heteroatoms. The lowest BCUT2D eigenvalue weighted by atomic mass is 10.1. The van der Waals surface area contributed by atoms with Crippen molar-refractivity contribution in [3.63, 3.8) is 0 Å². The zero-order chi connectivity index (χ0) is 9.40. The Balaban J connectivity index is 3.49. The van der Waals surface area contributed by atoms with E-state index >= 15 is 0 Å². The van der Waals surface area contributed by atoms with Crippen molar-refractivity contribution in [2.24, 2.45) is 0 Å². The number of hydrogen-bond acceptors (Lipinski definition) is 2. The normalized spacial score (nSPS) is 11.6. The number of aliphatic hydroxyl groups excluding tert-OH is 1. The Hall–Kier alpha value is -0.990. The van der Waals surface area contributed by atoms with Gasteiger partial charge in [0.05, 0.1) is 12.2 Å². The van der Waals surface area contributed by atoms with E-state index in [1.807, 2.05) is 0 Å². The van der Waals surface area contributed by atoms with Crippen molar-refractivity contribution in [2.75, 3.05) is 0 Å². The van der Waals surface area contributed by atoms with Crippen LogP contribution in [-0.2, 0) is 4.79 Å². The lowest BCUT2D eigenvalue weighted by Gasteiger charge is -1.97. The zero-order valence-electron chi connectivity index (χ0n) is 7.42. The number of carbonyl (C=O) groups is 1. The van der Waals surface area contributed by atoms with Crippen LogP contribution in [0, 0.1) is 0 Å². The molecule has 0 fully saturated rings. The second kappa shape index (κ2) is 6.70. The molecule has 70 valence electrons. The maximum absolute atomic E-state index is 10.1. The molecule has 0 aliphatic heterocycles. The van der Waals surface area contributed by atoms with Gasteiger partial charge in [-0.15, -0.1) is 0 Å². The molecule has 0 aromatic heterocycles. The van der Waals surface area contributed by atoms with Crippen molar-refractivity contribution < 1.29 is 15.0 Å². The van der Waals surface area contributed by atoms with Crippen molar-refractivity contribution in [3.8, 4) is 0 Å². The maximum Gasteiger partial charge on any atom is 0.307 e. The molecule has 12 heavy (non-hydrogen) atoms. The Morgan fingerprint density at radius 3 is 2.50 bits per heavy atom. The van der Waals surface area contributed by atoms with Gasteiger partial charge in [-0.3, -0.25) is 4.79 Å². The molecule has 0 amide bonds. The standard InChI is InChI=1S/C9H16O3/c1-2-3-4-5-8(10)6-7-9(11)12/h6,10H,2-5,7H2,1H3,(H,11,12)/b8-6-. The summed E-state index contributed by atoms with van der Waals surface area (Å²) in [6.07, 6.45) is 4.98. The minimum absolute atomic E-state index is 0.0854. The molecule has 3 nitrogen and oxygen atoms in total. The van der Waals surface area contributed by atoms with E-state index in [4.69, 9.17) is 10.2 Å². The highest BCUT2D eigenvalue weighted by molar-refractivity contribution is 5.68. The maximum atomic E-state index is 10.1. The lowest BCUT2D eigenvalue weighted by molar-refractivity contribution is -0.136. The first-order valence-corrected chi connectivity index (χ1v) is 4.26. The van der Waals surface area contributed by atoms with Crippen molar-refractivity contribution >= 4 is 5.97 Å². The molecule has 0 heterocycles. The van der Waals surface area contributed by atoms with Crippen LogP contribution in [0.15, 0.2) is 11.8 Å². The molecule has 0 unspecified atom stereocenters. The van der Waals surface area contributed by atoms with Gasteiger partial charge in [0.1, 0.15) is 0 Å². The van der Waals surface area contributed by atoms with Crippen molar-refractivity contribution in [1.82, 2.24) is 0 Å². The summed E-state index contributed by atoms with van der Waals surface area (Å²) < 4.78 is 0. The highest BCUT2D eigenvalue weighted by Crippen LogP contribution is 2.06. The van der Waals surface area contributed by atoms with Gasteiger partial charge in [0.2, 0.25) is 0 Å². The molecule has 0 saturated carbocycles. The third-order valence-electron chi connectivity index (χ3n) is 1.55. The fourth-order valence-corrected chi connectivity index (χ4v) is 0.863. The van der Waals surface area contributed by atoms with Crippen LogP contribution in [-0.4, -0.2) is 16.2 Å². The van der Waals surface area contributed by atoms with Gasteiger partial charge in [-0.25, -0.2) is 0 Å². The zero-order valence-corrected chi connectivity index (χ0v) is 7.42. The predicted octanol–water partition coefficient (Wildman–Crippen LogP) is 2.48. The fourth-order valence-electron chi connectivity index (χ4n) is 0.863. The summed E-state index contributed by atoms with van der Waals surface area (Å²) >= 11 is 0. The van der Waals surface area contributed by atoms with Gasteiger partial charge >= 0.3 is 5.97 Å². The number of hydrogen-bond donors (Lipinski definition) is 2. The molecule has 0 aliphatic carbocycles. The molecule has 0 radical (unpaired) electrons. The van der Waals surface area contributed by atoms with Crippen molar-refractivity contribution in [3.05, 3.63) is 11.8 Å². The van der Waals surface area contributed by atoms with E-state index in [1.54, 1.807) is 0 Å². The summed E-state index contributed by atoms with van der Waals surface area (Å²) in [5, 5.41) is 17.4. The van der Waals surface area contributed by atoms with Crippen LogP contribution < -0.4 is 0 Å². The Labute approximate surface area is 72.7 Å². The van der Waals surface area contributed by atoms with Crippen LogP contribution in [0.5, 0.6) is 0 Å². The van der Waals surface area contributed by atoms with Gasteiger partial charge < -0.3 is 10.2 Å². The second-order valence-corrected chi connectivity index (χ2v) is 2.75. The average Bonchev–Trinajstić information content (AvgIpc) is 2.01.